The maximum atomic E-state index is 12.4. The van der Waals surface area contributed by atoms with Crippen LogP contribution in [0.15, 0.2) is 0 Å². The van der Waals surface area contributed by atoms with Gasteiger partial charge in [-0.25, -0.2) is 0 Å². The van der Waals surface area contributed by atoms with E-state index in [9.17, 15) is 4.79 Å². The lowest BCUT2D eigenvalue weighted by molar-refractivity contribution is -0.139. The second-order valence-corrected chi connectivity index (χ2v) is 5.26. The number of amides is 1. The molecule has 0 aromatic rings. The molecule has 0 aromatic heterocycles. The van der Waals surface area contributed by atoms with Crippen molar-refractivity contribution in [1.29, 1.82) is 0 Å². The van der Waals surface area contributed by atoms with Crippen LogP contribution in [0.1, 0.15) is 46.0 Å². The molecule has 0 saturated heterocycles. The van der Waals surface area contributed by atoms with E-state index in [0.29, 0.717) is 13.0 Å². The second-order valence-electron chi connectivity index (χ2n) is 5.26. The summed E-state index contributed by atoms with van der Waals surface area (Å²) in [5.41, 5.74) is 6.05. The summed E-state index contributed by atoms with van der Waals surface area (Å²) in [5, 5.41) is 8.88. The van der Waals surface area contributed by atoms with Crippen LogP contribution in [0.5, 0.6) is 0 Å². The molecule has 3 N–H and O–H groups in total. The van der Waals surface area contributed by atoms with Crippen LogP contribution in [0, 0.1) is 5.92 Å². The summed E-state index contributed by atoms with van der Waals surface area (Å²) >= 11 is 0. The van der Waals surface area contributed by atoms with Gasteiger partial charge >= 0.3 is 0 Å². The Kier molecular flexibility index (Phi) is 5.92. The molecule has 1 rings (SSSR count). The highest BCUT2D eigenvalue weighted by atomic mass is 16.3. The van der Waals surface area contributed by atoms with Gasteiger partial charge in [0.2, 0.25) is 5.91 Å². The van der Waals surface area contributed by atoms with Gasteiger partial charge in [0.25, 0.3) is 0 Å². The highest BCUT2D eigenvalue weighted by molar-refractivity contribution is 5.80. The van der Waals surface area contributed by atoms with Crippen LogP contribution in [0.4, 0.5) is 0 Å². The first-order valence-electron chi connectivity index (χ1n) is 6.74. The Bertz CT molecular complexity index is 244. The first kappa shape index (κ1) is 14.5. The van der Waals surface area contributed by atoms with Crippen LogP contribution in [0.25, 0.3) is 0 Å². The molecule has 0 aliphatic heterocycles. The Morgan fingerprint density at radius 1 is 1.41 bits per heavy atom. The number of nitrogens with two attached hydrogens (primary N) is 1. The van der Waals surface area contributed by atoms with Gasteiger partial charge in [0, 0.05) is 25.2 Å². The van der Waals surface area contributed by atoms with Gasteiger partial charge in [0.1, 0.15) is 0 Å². The maximum Gasteiger partial charge on any atom is 0.227 e. The number of aliphatic hydroxyl groups excluding tert-OH is 1. The third-order valence-corrected chi connectivity index (χ3v) is 3.60. The molecule has 0 aromatic carbocycles. The molecule has 1 fully saturated rings. The Morgan fingerprint density at radius 2 is 2.06 bits per heavy atom. The minimum absolute atomic E-state index is 0.00940. The van der Waals surface area contributed by atoms with E-state index in [-0.39, 0.29) is 30.5 Å². The molecule has 0 radical (unpaired) electrons. The Balaban J connectivity index is 2.62. The number of rotatable bonds is 5. The SMILES string of the molecule is CC(C)N(CCCO)C(=O)C1CCCCC1N. The predicted molar refractivity (Wildman–Crippen MR) is 68.5 cm³/mol. The summed E-state index contributed by atoms with van der Waals surface area (Å²) in [6.07, 6.45) is 4.77. The molecule has 2 atom stereocenters. The lowest BCUT2D eigenvalue weighted by Gasteiger charge is -2.35. The lowest BCUT2D eigenvalue weighted by atomic mass is 9.84. The van der Waals surface area contributed by atoms with Crippen molar-refractivity contribution in [3.05, 3.63) is 0 Å². The van der Waals surface area contributed by atoms with E-state index < -0.39 is 0 Å². The average Bonchev–Trinajstić information content (AvgIpc) is 2.29. The van der Waals surface area contributed by atoms with Gasteiger partial charge in [-0.3, -0.25) is 4.79 Å². The van der Waals surface area contributed by atoms with Crippen molar-refractivity contribution in [2.75, 3.05) is 13.2 Å². The minimum atomic E-state index is -0.00940. The van der Waals surface area contributed by atoms with E-state index in [1.165, 1.54) is 0 Å². The van der Waals surface area contributed by atoms with Crippen LogP contribution in [-0.2, 0) is 4.79 Å². The fraction of sp³-hybridized carbons (Fsp3) is 0.923. The van der Waals surface area contributed by atoms with E-state index >= 15 is 0 Å². The van der Waals surface area contributed by atoms with Gasteiger partial charge in [-0.1, -0.05) is 12.8 Å². The lowest BCUT2D eigenvalue weighted by Crippen LogP contribution is -2.48. The normalized spacial score (nSPS) is 25.0. The number of hydrogen-bond donors (Lipinski definition) is 2. The van der Waals surface area contributed by atoms with Crippen molar-refractivity contribution in [2.24, 2.45) is 11.7 Å². The van der Waals surface area contributed by atoms with Crippen molar-refractivity contribution < 1.29 is 9.90 Å². The standard InChI is InChI=1S/C13H26N2O2/c1-10(2)15(8-5-9-16)13(17)11-6-3-4-7-12(11)14/h10-12,16H,3-9,14H2,1-2H3. The molecule has 100 valence electrons. The summed E-state index contributed by atoms with van der Waals surface area (Å²) in [5.74, 6) is 0.172. The van der Waals surface area contributed by atoms with Gasteiger partial charge in [-0.15, -0.1) is 0 Å². The number of aliphatic hydroxyl groups is 1. The van der Waals surface area contributed by atoms with Gasteiger partial charge in [-0.05, 0) is 33.1 Å². The zero-order chi connectivity index (χ0) is 12.8. The number of carbonyl (C=O) groups excluding carboxylic acids is 1. The van der Waals surface area contributed by atoms with Gasteiger partial charge in [-0.2, -0.15) is 0 Å². The van der Waals surface area contributed by atoms with Gasteiger partial charge in [0.15, 0.2) is 0 Å². The Morgan fingerprint density at radius 3 is 2.59 bits per heavy atom. The van der Waals surface area contributed by atoms with Gasteiger partial charge in [0.05, 0.1) is 5.92 Å². The largest absolute Gasteiger partial charge is 0.396 e. The number of carbonyl (C=O) groups is 1. The van der Waals surface area contributed by atoms with Crippen molar-refractivity contribution in [1.82, 2.24) is 4.90 Å². The summed E-state index contributed by atoms with van der Waals surface area (Å²) in [6, 6.07) is 0.204. The molecule has 4 heteroatoms. The molecule has 17 heavy (non-hydrogen) atoms. The summed E-state index contributed by atoms with van der Waals surface area (Å²) < 4.78 is 0. The fourth-order valence-electron chi connectivity index (χ4n) is 2.54. The minimum Gasteiger partial charge on any atom is -0.396 e. The third-order valence-electron chi connectivity index (χ3n) is 3.60. The Labute approximate surface area is 104 Å². The van der Waals surface area contributed by atoms with Crippen LogP contribution in [-0.4, -0.2) is 41.1 Å². The van der Waals surface area contributed by atoms with Crippen molar-refractivity contribution in [2.45, 2.75) is 58.0 Å². The Hall–Kier alpha value is -0.610. The molecule has 0 heterocycles. The molecule has 2 unspecified atom stereocenters. The first-order chi connectivity index (χ1) is 8.07. The fourth-order valence-corrected chi connectivity index (χ4v) is 2.54. The van der Waals surface area contributed by atoms with Crippen LogP contribution >= 0.6 is 0 Å². The number of nitrogens with zero attached hydrogens (tertiary/aromatic N) is 1. The topological polar surface area (TPSA) is 66.6 Å². The van der Waals surface area contributed by atoms with Crippen LogP contribution in [0.3, 0.4) is 0 Å². The maximum absolute atomic E-state index is 12.4. The monoisotopic (exact) mass is 242 g/mol. The van der Waals surface area contributed by atoms with E-state index in [2.05, 4.69) is 0 Å². The number of hydrogen-bond acceptors (Lipinski definition) is 3. The molecule has 1 aliphatic carbocycles. The highest BCUT2D eigenvalue weighted by Gasteiger charge is 2.32. The molecule has 1 amide bonds. The van der Waals surface area contributed by atoms with E-state index in [0.717, 1.165) is 25.7 Å². The zero-order valence-corrected chi connectivity index (χ0v) is 11.1. The molecule has 1 aliphatic rings. The molecule has 0 bridgehead atoms. The third kappa shape index (κ3) is 3.96. The van der Waals surface area contributed by atoms with Crippen molar-refractivity contribution in [3.8, 4) is 0 Å². The summed E-state index contributed by atoms with van der Waals surface area (Å²) in [4.78, 5) is 14.3. The van der Waals surface area contributed by atoms with E-state index in [1.807, 2.05) is 18.7 Å². The van der Waals surface area contributed by atoms with E-state index in [1.54, 1.807) is 0 Å². The second kappa shape index (κ2) is 6.97. The molecule has 1 saturated carbocycles. The van der Waals surface area contributed by atoms with Crippen LogP contribution in [0.2, 0.25) is 0 Å². The zero-order valence-electron chi connectivity index (χ0n) is 11.1. The van der Waals surface area contributed by atoms with Gasteiger partial charge < -0.3 is 15.7 Å². The molecule has 0 spiro atoms. The average molecular weight is 242 g/mol. The van der Waals surface area contributed by atoms with Crippen molar-refractivity contribution in [3.63, 3.8) is 0 Å². The quantitative estimate of drug-likeness (QED) is 0.759. The predicted octanol–water partition coefficient (Wildman–Crippen LogP) is 1.12. The molecule has 4 nitrogen and oxygen atoms in total. The van der Waals surface area contributed by atoms with E-state index in [4.69, 9.17) is 10.8 Å². The summed E-state index contributed by atoms with van der Waals surface area (Å²) in [6.45, 7) is 4.80. The first-order valence-corrected chi connectivity index (χ1v) is 6.74. The molecular formula is C13H26N2O2. The highest BCUT2D eigenvalue weighted by Crippen LogP contribution is 2.25. The van der Waals surface area contributed by atoms with Crippen molar-refractivity contribution >= 4 is 5.91 Å². The molecular weight excluding hydrogens is 216 g/mol. The summed E-state index contributed by atoms with van der Waals surface area (Å²) in [7, 11) is 0. The van der Waals surface area contributed by atoms with Crippen LogP contribution < -0.4 is 5.73 Å². The smallest absolute Gasteiger partial charge is 0.227 e.